The van der Waals surface area contributed by atoms with Crippen molar-refractivity contribution >= 4 is 5.69 Å². The van der Waals surface area contributed by atoms with Crippen molar-refractivity contribution in [3.8, 4) is 6.07 Å². The summed E-state index contributed by atoms with van der Waals surface area (Å²) < 4.78 is 2.03. The summed E-state index contributed by atoms with van der Waals surface area (Å²) in [7, 11) is 2.00. The van der Waals surface area contributed by atoms with E-state index in [9.17, 15) is 0 Å². The summed E-state index contributed by atoms with van der Waals surface area (Å²) >= 11 is 0. The predicted molar refractivity (Wildman–Crippen MR) is 101 cm³/mol. The zero-order chi connectivity index (χ0) is 18.2. The SMILES string of the molecule is Cn1cncc1CN(CCNCc1cccnc1)c1ccc(C#N)cc1. The molecule has 0 unspecified atom stereocenters. The normalized spacial score (nSPS) is 10.5. The van der Waals surface area contributed by atoms with Gasteiger partial charge in [-0.3, -0.25) is 4.98 Å². The molecule has 0 saturated carbocycles. The van der Waals surface area contributed by atoms with E-state index in [1.165, 1.54) is 5.56 Å². The number of aryl methyl sites for hydroxylation is 1. The zero-order valence-corrected chi connectivity index (χ0v) is 14.8. The molecule has 26 heavy (non-hydrogen) atoms. The first-order valence-electron chi connectivity index (χ1n) is 8.56. The van der Waals surface area contributed by atoms with E-state index in [1.54, 1.807) is 6.20 Å². The maximum Gasteiger partial charge on any atom is 0.0991 e. The van der Waals surface area contributed by atoms with E-state index in [2.05, 4.69) is 32.3 Å². The maximum absolute atomic E-state index is 9.00. The van der Waals surface area contributed by atoms with Crippen LogP contribution in [0.2, 0.25) is 0 Å². The highest BCUT2D eigenvalue weighted by atomic mass is 15.2. The van der Waals surface area contributed by atoms with E-state index in [0.29, 0.717) is 5.56 Å². The van der Waals surface area contributed by atoms with E-state index in [-0.39, 0.29) is 0 Å². The first-order chi connectivity index (χ1) is 12.8. The summed E-state index contributed by atoms with van der Waals surface area (Å²) in [6.07, 6.45) is 7.36. The maximum atomic E-state index is 9.00. The lowest BCUT2D eigenvalue weighted by molar-refractivity contribution is 0.647. The minimum absolute atomic E-state index is 0.670. The summed E-state index contributed by atoms with van der Waals surface area (Å²) in [6, 6.07) is 13.9. The van der Waals surface area contributed by atoms with Gasteiger partial charge in [0, 0.05) is 51.0 Å². The molecule has 6 nitrogen and oxygen atoms in total. The Labute approximate surface area is 153 Å². The standard InChI is InChI=1S/C20H22N6/c1-25-16-24-14-20(25)15-26(19-6-4-17(11-21)5-7-19)10-9-23-13-18-3-2-8-22-12-18/h2-8,12,14,16,23H,9-10,13,15H2,1H3. The summed E-state index contributed by atoms with van der Waals surface area (Å²) in [5.74, 6) is 0. The van der Waals surface area contributed by atoms with Crippen LogP contribution in [0.4, 0.5) is 5.69 Å². The monoisotopic (exact) mass is 346 g/mol. The Balaban J connectivity index is 1.64. The lowest BCUT2D eigenvalue weighted by atomic mass is 10.2. The van der Waals surface area contributed by atoms with Crippen molar-refractivity contribution in [3.63, 3.8) is 0 Å². The van der Waals surface area contributed by atoms with E-state index >= 15 is 0 Å². The van der Waals surface area contributed by atoms with Gasteiger partial charge in [0.25, 0.3) is 0 Å². The molecular formula is C20H22N6. The molecule has 0 aliphatic rings. The molecule has 1 N–H and O–H groups in total. The van der Waals surface area contributed by atoms with Crippen LogP contribution in [-0.4, -0.2) is 27.6 Å². The fourth-order valence-electron chi connectivity index (χ4n) is 2.73. The van der Waals surface area contributed by atoms with Gasteiger partial charge in [-0.05, 0) is 35.9 Å². The molecule has 2 heterocycles. The number of nitriles is 1. The van der Waals surface area contributed by atoms with E-state index in [0.717, 1.165) is 37.6 Å². The number of aromatic nitrogens is 3. The average Bonchev–Trinajstić information content (AvgIpc) is 3.10. The van der Waals surface area contributed by atoms with Gasteiger partial charge in [0.2, 0.25) is 0 Å². The first-order valence-corrected chi connectivity index (χ1v) is 8.56. The highest BCUT2D eigenvalue weighted by Crippen LogP contribution is 2.17. The van der Waals surface area contributed by atoms with Crippen molar-refractivity contribution < 1.29 is 0 Å². The second-order valence-electron chi connectivity index (χ2n) is 6.11. The van der Waals surface area contributed by atoms with Gasteiger partial charge < -0.3 is 14.8 Å². The zero-order valence-electron chi connectivity index (χ0n) is 14.8. The second-order valence-corrected chi connectivity index (χ2v) is 6.11. The van der Waals surface area contributed by atoms with Crippen molar-refractivity contribution in [2.24, 2.45) is 7.05 Å². The molecule has 0 saturated heterocycles. The van der Waals surface area contributed by atoms with Gasteiger partial charge in [0.05, 0.1) is 30.2 Å². The molecule has 0 spiro atoms. The Bertz CT molecular complexity index is 848. The number of imidazole rings is 1. The number of hydrogen-bond donors (Lipinski definition) is 1. The highest BCUT2D eigenvalue weighted by Gasteiger charge is 2.10. The number of anilines is 1. The molecule has 2 aromatic heterocycles. The first kappa shape index (κ1) is 17.6. The van der Waals surface area contributed by atoms with Crippen LogP contribution in [0.3, 0.4) is 0 Å². The Kier molecular flexibility index (Phi) is 5.96. The molecule has 1 aromatic carbocycles. The number of nitrogens with one attached hydrogen (secondary N) is 1. The van der Waals surface area contributed by atoms with Gasteiger partial charge in [-0.15, -0.1) is 0 Å². The second kappa shape index (κ2) is 8.79. The number of hydrogen-bond acceptors (Lipinski definition) is 5. The number of nitrogens with zero attached hydrogens (tertiary/aromatic N) is 5. The number of rotatable bonds is 8. The Morgan fingerprint density at radius 3 is 2.65 bits per heavy atom. The van der Waals surface area contributed by atoms with Crippen LogP contribution >= 0.6 is 0 Å². The minimum Gasteiger partial charge on any atom is -0.364 e. The summed E-state index contributed by atoms with van der Waals surface area (Å²) in [5, 5.41) is 12.5. The minimum atomic E-state index is 0.670. The average molecular weight is 346 g/mol. The predicted octanol–water partition coefficient (Wildman–Crippen LogP) is 2.48. The van der Waals surface area contributed by atoms with E-state index < -0.39 is 0 Å². The topological polar surface area (TPSA) is 69.8 Å². The fraction of sp³-hybridized carbons (Fsp3) is 0.250. The summed E-state index contributed by atoms with van der Waals surface area (Å²) in [5.41, 5.74) is 4.07. The van der Waals surface area contributed by atoms with Crippen molar-refractivity contribution in [1.29, 1.82) is 5.26 Å². The Hall–Kier alpha value is -3.17. The highest BCUT2D eigenvalue weighted by molar-refractivity contribution is 5.50. The van der Waals surface area contributed by atoms with Crippen LogP contribution < -0.4 is 10.2 Å². The smallest absolute Gasteiger partial charge is 0.0991 e. The molecular weight excluding hydrogens is 324 g/mol. The number of pyridine rings is 1. The van der Waals surface area contributed by atoms with E-state index in [1.807, 2.05) is 60.7 Å². The van der Waals surface area contributed by atoms with Gasteiger partial charge >= 0.3 is 0 Å². The van der Waals surface area contributed by atoms with Crippen LogP contribution in [0, 0.1) is 11.3 Å². The van der Waals surface area contributed by atoms with Crippen molar-refractivity contribution in [3.05, 3.63) is 78.1 Å². The quantitative estimate of drug-likeness (QED) is 0.635. The van der Waals surface area contributed by atoms with Crippen LogP contribution in [-0.2, 0) is 20.1 Å². The van der Waals surface area contributed by atoms with Crippen LogP contribution in [0.5, 0.6) is 0 Å². The lowest BCUT2D eigenvalue weighted by Gasteiger charge is -2.25. The number of benzene rings is 1. The summed E-state index contributed by atoms with van der Waals surface area (Å²) in [4.78, 5) is 10.6. The lowest BCUT2D eigenvalue weighted by Crippen LogP contribution is -2.32. The molecule has 6 heteroatoms. The summed E-state index contributed by atoms with van der Waals surface area (Å²) in [6.45, 7) is 3.24. The van der Waals surface area contributed by atoms with Crippen LogP contribution in [0.15, 0.2) is 61.3 Å². The molecule has 0 atom stereocenters. The largest absolute Gasteiger partial charge is 0.364 e. The van der Waals surface area contributed by atoms with E-state index in [4.69, 9.17) is 5.26 Å². The molecule has 0 amide bonds. The van der Waals surface area contributed by atoms with Gasteiger partial charge in [0.1, 0.15) is 0 Å². The van der Waals surface area contributed by atoms with Crippen molar-refractivity contribution in [2.45, 2.75) is 13.1 Å². The van der Waals surface area contributed by atoms with Crippen molar-refractivity contribution in [1.82, 2.24) is 19.9 Å². The third-order valence-corrected chi connectivity index (χ3v) is 4.24. The van der Waals surface area contributed by atoms with Gasteiger partial charge in [-0.25, -0.2) is 4.98 Å². The fourth-order valence-corrected chi connectivity index (χ4v) is 2.73. The van der Waals surface area contributed by atoms with Gasteiger partial charge in [-0.2, -0.15) is 5.26 Å². The molecule has 0 fully saturated rings. The molecule has 0 aliphatic heterocycles. The molecule has 3 rings (SSSR count). The molecule has 0 radical (unpaired) electrons. The molecule has 3 aromatic rings. The third kappa shape index (κ3) is 4.68. The van der Waals surface area contributed by atoms with Crippen LogP contribution in [0.25, 0.3) is 0 Å². The molecule has 0 bridgehead atoms. The third-order valence-electron chi connectivity index (χ3n) is 4.24. The molecule has 132 valence electrons. The van der Waals surface area contributed by atoms with Gasteiger partial charge in [0.15, 0.2) is 0 Å². The Morgan fingerprint density at radius 1 is 1.15 bits per heavy atom. The van der Waals surface area contributed by atoms with Crippen molar-refractivity contribution in [2.75, 3.05) is 18.0 Å². The van der Waals surface area contributed by atoms with Gasteiger partial charge in [-0.1, -0.05) is 6.07 Å². The molecule has 0 aliphatic carbocycles. The Morgan fingerprint density at radius 2 is 2.00 bits per heavy atom. The van der Waals surface area contributed by atoms with Crippen LogP contribution in [0.1, 0.15) is 16.8 Å².